The molecule has 30 heavy (non-hydrogen) atoms. The molecule has 0 N–H and O–H groups in total. The third-order valence-corrected chi connectivity index (χ3v) is 5.05. The largest absolute Gasteiger partial charge is 0.339 e. The molecule has 4 aromatic rings. The van der Waals surface area contributed by atoms with E-state index >= 15 is 0 Å². The first-order valence-corrected chi connectivity index (χ1v) is 9.67. The minimum atomic E-state index is -0.378. The van der Waals surface area contributed by atoms with Crippen LogP contribution in [0.15, 0.2) is 85.1 Å². The topological polar surface area (TPSA) is 39.1 Å². The number of fused-ring (bicyclic) bond motifs is 1. The van der Waals surface area contributed by atoms with E-state index in [9.17, 15) is 14.0 Å². The van der Waals surface area contributed by atoms with E-state index in [-0.39, 0.29) is 23.9 Å². The molecule has 1 heterocycles. The van der Waals surface area contributed by atoms with Crippen molar-refractivity contribution < 1.29 is 14.0 Å². The van der Waals surface area contributed by atoms with E-state index in [0.29, 0.717) is 11.1 Å². The van der Waals surface area contributed by atoms with E-state index in [1.165, 1.54) is 30.3 Å². The zero-order valence-electron chi connectivity index (χ0n) is 16.5. The molecule has 0 aliphatic carbocycles. The van der Waals surface area contributed by atoms with Crippen LogP contribution in [0.2, 0.25) is 0 Å². The van der Waals surface area contributed by atoms with Crippen LogP contribution in [0.3, 0.4) is 0 Å². The lowest BCUT2D eigenvalue weighted by atomic mass is 10.1. The molecule has 0 saturated heterocycles. The number of ketones is 2. The fraction of sp³-hybridized carbons (Fsp3) is 0.0769. The standard InChI is InChI=1S/C26H20FNO2/c1-18-6-8-20(9-7-18)26(30)17-28-16-21(23-4-2-3-5-24(23)28)12-15-25(29)19-10-13-22(27)14-11-19/h2-16H,17H2,1H3/b15-12+. The van der Waals surface area contributed by atoms with Gasteiger partial charge in [0, 0.05) is 33.8 Å². The highest BCUT2D eigenvalue weighted by Gasteiger charge is 2.12. The Morgan fingerprint density at radius 3 is 2.30 bits per heavy atom. The number of hydrogen-bond acceptors (Lipinski definition) is 2. The first-order chi connectivity index (χ1) is 14.5. The molecule has 0 saturated carbocycles. The summed E-state index contributed by atoms with van der Waals surface area (Å²) in [5.74, 6) is -0.562. The lowest BCUT2D eigenvalue weighted by molar-refractivity contribution is 0.0972. The molecule has 0 spiro atoms. The Morgan fingerprint density at radius 1 is 0.900 bits per heavy atom. The fourth-order valence-electron chi connectivity index (χ4n) is 3.40. The van der Waals surface area contributed by atoms with Crippen molar-refractivity contribution >= 4 is 28.5 Å². The second kappa shape index (κ2) is 8.29. The average molecular weight is 397 g/mol. The molecule has 3 aromatic carbocycles. The molecule has 4 heteroatoms. The highest BCUT2D eigenvalue weighted by Crippen LogP contribution is 2.23. The van der Waals surface area contributed by atoms with Crippen molar-refractivity contribution in [1.29, 1.82) is 0 Å². The maximum Gasteiger partial charge on any atom is 0.185 e. The third kappa shape index (κ3) is 4.13. The second-order valence-electron chi connectivity index (χ2n) is 7.22. The van der Waals surface area contributed by atoms with Gasteiger partial charge in [-0.25, -0.2) is 4.39 Å². The van der Waals surface area contributed by atoms with Crippen LogP contribution in [0.1, 0.15) is 31.8 Å². The van der Waals surface area contributed by atoms with Crippen LogP contribution in [-0.4, -0.2) is 16.1 Å². The number of hydrogen-bond donors (Lipinski definition) is 0. The summed E-state index contributed by atoms with van der Waals surface area (Å²) in [5.41, 5.74) is 3.97. The van der Waals surface area contributed by atoms with Gasteiger partial charge in [0.15, 0.2) is 11.6 Å². The number of para-hydroxylation sites is 1. The fourth-order valence-corrected chi connectivity index (χ4v) is 3.40. The summed E-state index contributed by atoms with van der Waals surface area (Å²) in [6.07, 6.45) is 5.09. The molecule has 0 fully saturated rings. The minimum Gasteiger partial charge on any atom is -0.339 e. The number of carbonyl (C=O) groups excluding carboxylic acids is 2. The second-order valence-corrected chi connectivity index (χ2v) is 7.22. The Bertz CT molecular complexity index is 1250. The lowest BCUT2D eigenvalue weighted by Gasteiger charge is -2.05. The molecule has 0 aliphatic heterocycles. The first-order valence-electron chi connectivity index (χ1n) is 9.67. The Balaban J connectivity index is 1.62. The summed E-state index contributed by atoms with van der Waals surface area (Å²) in [4.78, 5) is 25.1. The van der Waals surface area contributed by atoms with Crippen molar-refractivity contribution in [2.24, 2.45) is 0 Å². The summed E-state index contributed by atoms with van der Waals surface area (Å²) < 4.78 is 15.0. The first kappa shape index (κ1) is 19.5. The van der Waals surface area contributed by atoms with Crippen LogP contribution in [0.5, 0.6) is 0 Å². The van der Waals surface area contributed by atoms with Gasteiger partial charge in [0.2, 0.25) is 0 Å². The van der Waals surface area contributed by atoms with Crippen LogP contribution < -0.4 is 0 Å². The van der Waals surface area contributed by atoms with E-state index in [1.807, 2.05) is 66.2 Å². The van der Waals surface area contributed by atoms with Gasteiger partial charge in [-0.1, -0.05) is 48.0 Å². The van der Waals surface area contributed by atoms with Crippen LogP contribution in [-0.2, 0) is 6.54 Å². The predicted molar refractivity (Wildman–Crippen MR) is 117 cm³/mol. The number of allylic oxidation sites excluding steroid dienone is 1. The van der Waals surface area contributed by atoms with Gasteiger partial charge in [-0.2, -0.15) is 0 Å². The molecule has 4 rings (SSSR count). The van der Waals surface area contributed by atoms with Crippen molar-refractivity contribution in [3.63, 3.8) is 0 Å². The highest BCUT2D eigenvalue weighted by atomic mass is 19.1. The van der Waals surface area contributed by atoms with Gasteiger partial charge in [-0.3, -0.25) is 9.59 Å². The monoisotopic (exact) mass is 397 g/mol. The lowest BCUT2D eigenvalue weighted by Crippen LogP contribution is -2.09. The molecule has 0 bridgehead atoms. The van der Waals surface area contributed by atoms with Gasteiger partial charge in [-0.15, -0.1) is 0 Å². The van der Waals surface area contributed by atoms with E-state index in [0.717, 1.165) is 22.0 Å². The predicted octanol–water partition coefficient (Wildman–Crippen LogP) is 5.87. The average Bonchev–Trinajstić information content (AvgIpc) is 3.10. The van der Waals surface area contributed by atoms with Gasteiger partial charge in [0.25, 0.3) is 0 Å². The molecule has 1 aromatic heterocycles. The highest BCUT2D eigenvalue weighted by molar-refractivity contribution is 6.08. The van der Waals surface area contributed by atoms with Crippen LogP contribution in [0, 0.1) is 12.7 Å². The van der Waals surface area contributed by atoms with Gasteiger partial charge < -0.3 is 4.57 Å². The van der Waals surface area contributed by atoms with Crippen molar-refractivity contribution in [1.82, 2.24) is 4.57 Å². The van der Waals surface area contributed by atoms with Crippen molar-refractivity contribution in [2.45, 2.75) is 13.5 Å². The summed E-state index contributed by atoms with van der Waals surface area (Å²) in [5, 5.41) is 0.956. The zero-order chi connectivity index (χ0) is 21.1. The molecule has 148 valence electrons. The number of nitrogens with zero attached hydrogens (tertiary/aromatic N) is 1. The molecule has 0 aliphatic rings. The van der Waals surface area contributed by atoms with Gasteiger partial charge in [0.1, 0.15) is 5.82 Å². The van der Waals surface area contributed by atoms with E-state index in [1.54, 1.807) is 6.08 Å². The Labute approximate surface area is 174 Å². The summed E-state index contributed by atoms with van der Waals surface area (Å²) in [7, 11) is 0. The summed E-state index contributed by atoms with van der Waals surface area (Å²) in [6, 6.07) is 20.8. The molecular weight excluding hydrogens is 377 g/mol. The van der Waals surface area contributed by atoms with Crippen molar-refractivity contribution in [3.8, 4) is 0 Å². The number of benzene rings is 3. The Hall–Kier alpha value is -3.79. The van der Waals surface area contributed by atoms with E-state index in [2.05, 4.69) is 0 Å². The minimum absolute atomic E-state index is 0.0219. The Morgan fingerprint density at radius 2 is 1.57 bits per heavy atom. The summed E-state index contributed by atoms with van der Waals surface area (Å²) >= 11 is 0. The SMILES string of the molecule is Cc1ccc(C(=O)Cn2cc(/C=C/C(=O)c3ccc(F)cc3)c3ccccc32)cc1. The number of carbonyl (C=O) groups is 2. The maximum atomic E-state index is 13.1. The number of aromatic nitrogens is 1. The van der Waals surface area contributed by atoms with Gasteiger partial charge >= 0.3 is 0 Å². The number of aryl methyl sites for hydroxylation is 1. The zero-order valence-corrected chi connectivity index (χ0v) is 16.5. The number of halogens is 1. The van der Waals surface area contributed by atoms with E-state index in [4.69, 9.17) is 0 Å². The maximum absolute atomic E-state index is 13.1. The number of Topliss-reactive ketones (excluding diaryl/α,β-unsaturated/α-hetero) is 1. The molecule has 0 radical (unpaired) electrons. The smallest absolute Gasteiger partial charge is 0.185 e. The van der Waals surface area contributed by atoms with Crippen LogP contribution >= 0.6 is 0 Å². The van der Waals surface area contributed by atoms with Crippen molar-refractivity contribution in [3.05, 3.63) is 113 Å². The molecule has 0 atom stereocenters. The Kier molecular flexibility index (Phi) is 5.40. The normalized spacial score (nSPS) is 11.3. The third-order valence-electron chi connectivity index (χ3n) is 5.05. The van der Waals surface area contributed by atoms with Crippen molar-refractivity contribution in [2.75, 3.05) is 0 Å². The van der Waals surface area contributed by atoms with Gasteiger partial charge in [0.05, 0.1) is 6.54 Å². The van der Waals surface area contributed by atoms with E-state index < -0.39 is 0 Å². The molecular formula is C26H20FNO2. The molecule has 0 amide bonds. The molecule has 0 unspecified atom stereocenters. The van der Waals surface area contributed by atoms with Gasteiger partial charge in [-0.05, 0) is 49.4 Å². The quantitative estimate of drug-likeness (QED) is 0.302. The van der Waals surface area contributed by atoms with Crippen LogP contribution in [0.4, 0.5) is 4.39 Å². The molecule has 3 nitrogen and oxygen atoms in total. The summed E-state index contributed by atoms with van der Waals surface area (Å²) in [6.45, 7) is 2.20. The van der Waals surface area contributed by atoms with Crippen LogP contribution in [0.25, 0.3) is 17.0 Å². The number of rotatable bonds is 6.